The number of carbonyl (C=O) groups is 1. The molecule has 0 aliphatic rings. The maximum atomic E-state index is 9.81. The van der Waals surface area contributed by atoms with Crippen LogP contribution in [0.1, 0.15) is 0 Å². The van der Waals surface area contributed by atoms with Crippen LogP contribution >= 0.6 is 0 Å². The van der Waals surface area contributed by atoms with Gasteiger partial charge < -0.3 is 9.90 Å². The van der Waals surface area contributed by atoms with Crippen molar-refractivity contribution in [1.82, 2.24) is 0 Å². The zero-order chi connectivity index (χ0) is 3.58. The van der Waals surface area contributed by atoms with Crippen molar-refractivity contribution < 1.29 is 65.7 Å². The van der Waals surface area contributed by atoms with E-state index >= 15 is 0 Å². The van der Waals surface area contributed by atoms with Crippen molar-refractivity contribution in [2.75, 3.05) is 0 Å². The first kappa shape index (κ1) is 9.40. The molecule has 0 amide bonds. The maximum Gasteiger partial charge on any atom is 1.00 e. The summed E-state index contributed by atoms with van der Waals surface area (Å²) >= 11 is 0. The van der Waals surface area contributed by atoms with Crippen LogP contribution in [0.3, 0.4) is 0 Å². The van der Waals surface area contributed by atoms with Crippen molar-refractivity contribution >= 4 is 6.22 Å². The fourth-order valence-corrected chi connectivity index (χ4v) is 0. The summed E-state index contributed by atoms with van der Waals surface area (Å²) in [5.41, 5.74) is 0. The van der Waals surface area contributed by atoms with Gasteiger partial charge >= 0.3 is 51.4 Å². The molecule has 0 radical (unpaired) electrons. The third-order valence-corrected chi connectivity index (χ3v) is 0. The first-order valence-electron chi connectivity index (χ1n) is 0.597. The molecule has 0 saturated carbocycles. The van der Waals surface area contributed by atoms with Crippen LogP contribution in [-0.2, 0) is 0 Å². The maximum absolute atomic E-state index is 9.81. The molecule has 0 N–H and O–H groups in total. The number of carboxylic acid groups (broad SMARTS) is 1. The molecule has 0 rings (SSSR count). The Morgan fingerprint density at radius 2 is 1.80 bits per heavy atom. The fraction of sp³-hybridized carbons (Fsp3) is 0. The monoisotopic (exact) mass is 102 g/mol. The van der Waals surface area contributed by atoms with Gasteiger partial charge in [-0.25, -0.2) is 0 Å². The van der Waals surface area contributed by atoms with Crippen molar-refractivity contribution in [2.45, 2.75) is 0 Å². The van der Waals surface area contributed by atoms with E-state index < -0.39 is 6.22 Å². The van der Waals surface area contributed by atoms with Gasteiger partial charge in [0.25, 0.3) is 0 Å². The van der Waals surface area contributed by atoms with Gasteiger partial charge in [-0.3, -0.25) is 0 Å². The van der Waals surface area contributed by atoms with Crippen molar-refractivity contribution in [1.29, 1.82) is 0 Å². The van der Waals surface area contributed by atoms with Gasteiger partial charge in [0.2, 0.25) is 6.22 Å². The van der Waals surface area contributed by atoms with Crippen LogP contribution in [0.15, 0.2) is 0 Å². The number of rotatable bonds is 0. The summed E-state index contributed by atoms with van der Waals surface area (Å²) in [4.78, 5) is 8.22. The molecule has 5 heavy (non-hydrogen) atoms. The van der Waals surface area contributed by atoms with Crippen LogP contribution in [-0.4, -0.2) is 6.22 Å². The SMILES string of the molecule is O=C([O-])F.[K+]. The zero-order valence-corrected chi connectivity index (χ0v) is 5.82. The van der Waals surface area contributed by atoms with E-state index in [9.17, 15) is 4.39 Å². The summed E-state index contributed by atoms with van der Waals surface area (Å²) in [5, 5.41) is 8.22. The van der Waals surface area contributed by atoms with E-state index in [1.165, 1.54) is 0 Å². The molecule has 0 atom stereocenters. The third kappa shape index (κ3) is 43.2. The molecule has 0 saturated heterocycles. The normalized spacial score (nSPS) is 5.00. The van der Waals surface area contributed by atoms with Gasteiger partial charge in [0.05, 0.1) is 0 Å². The average molecular weight is 102 g/mol. The minimum absolute atomic E-state index is 0. The summed E-state index contributed by atoms with van der Waals surface area (Å²) in [5.74, 6) is 0. The molecule has 24 valence electrons. The van der Waals surface area contributed by atoms with Gasteiger partial charge in [0, 0.05) is 0 Å². The molecule has 0 aromatic heterocycles. The van der Waals surface area contributed by atoms with Gasteiger partial charge in [-0.15, -0.1) is 0 Å². The predicted molar refractivity (Wildman–Crippen MR) is 6.50 cm³/mol. The van der Waals surface area contributed by atoms with E-state index in [2.05, 4.69) is 0 Å². The van der Waals surface area contributed by atoms with Crippen molar-refractivity contribution in [3.63, 3.8) is 0 Å². The Balaban J connectivity index is 0. The van der Waals surface area contributed by atoms with Crippen LogP contribution in [0.2, 0.25) is 0 Å². The summed E-state index contributed by atoms with van der Waals surface area (Å²) in [6, 6.07) is 0. The summed E-state index contributed by atoms with van der Waals surface area (Å²) in [6.45, 7) is 0. The van der Waals surface area contributed by atoms with E-state index in [-0.39, 0.29) is 51.4 Å². The largest absolute Gasteiger partial charge is 1.00 e. The molecule has 2 nitrogen and oxygen atoms in total. The third-order valence-electron chi connectivity index (χ3n) is 0. The Morgan fingerprint density at radius 1 is 1.80 bits per heavy atom. The Hall–Kier alpha value is 1.04. The Morgan fingerprint density at radius 3 is 1.80 bits per heavy atom. The van der Waals surface area contributed by atoms with E-state index in [0.29, 0.717) is 0 Å². The van der Waals surface area contributed by atoms with Crippen LogP contribution in [0.5, 0.6) is 0 Å². The molecule has 0 spiro atoms. The average Bonchev–Trinajstić information content (AvgIpc) is 0.811. The molecule has 0 aliphatic carbocycles. The molecule has 0 fully saturated rings. The van der Waals surface area contributed by atoms with E-state index in [1.807, 2.05) is 0 Å². The van der Waals surface area contributed by atoms with Gasteiger partial charge in [-0.2, -0.15) is 4.39 Å². The van der Waals surface area contributed by atoms with Crippen molar-refractivity contribution in [3.8, 4) is 0 Å². The van der Waals surface area contributed by atoms with E-state index in [1.54, 1.807) is 0 Å². The van der Waals surface area contributed by atoms with E-state index in [4.69, 9.17) is 9.90 Å². The van der Waals surface area contributed by atoms with Crippen molar-refractivity contribution in [3.05, 3.63) is 0 Å². The summed E-state index contributed by atoms with van der Waals surface area (Å²) in [7, 11) is 0. The van der Waals surface area contributed by atoms with E-state index in [0.717, 1.165) is 0 Å². The zero-order valence-electron chi connectivity index (χ0n) is 2.69. The second kappa shape index (κ2) is 5.04. The van der Waals surface area contributed by atoms with Gasteiger partial charge in [-0.1, -0.05) is 0 Å². The number of carbonyl (C=O) groups excluding carboxylic acids is 1. The minimum atomic E-state index is -2.58. The molecule has 0 bridgehead atoms. The standard InChI is InChI=1S/CHFO2.K/c2-1(3)4;/h(H,3,4);/q;+1/p-1. The first-order valence-corrected chi connectivity index (χ1v) is 0.597. The van der Waals surface area contributed by atoms with Gasteiger partial charge in [0.15, 0.2) is 0 Å². The molecule has 0 unspecified atom stereocenters. The predicted octanol–water partition coefficient (Wildman–Crippen LogP) is -3.70. The Kier molecular flexibility index (Phi) is 9.47. The molecule has 0 aromatic carbocycles. The number of hydrogen-bond donors (Lipinski definition) is 0. The van der Waals surface area contributed by atoms with Crippen molar-refractivity contribution in [2.24, 2.45) is 0 Å². The summed E-state index contributed by atoms with van der Waals surface area (Å²) in [6.07, 6.45) is -2.58. The van der Waals surface area contributed by atoms with Gasteiger partial charge in [-0.05, 0) is 0 Å². The molecule has 0 aliphatic heterocycles. The Bertz CT molecular complexity index is 32.6. The summed E-state index contributed by atoms with van der Waals surface area (Å²) < 4.78 is 9.81. The number of hydrogen-bond acceptors (Lipinski definition) is 2. The number of halogens is 1. The fourth-order valence-electron chi connectivity index (χ4n) is 0. The topological polar surface area (TPSA) is 40.1 Å². The second-order valence-corrected chi connectivity index (χ2v) is 0.238. The quantitative estimate of drug-likeness (QED) is 0.233. The van der Waals surface area contributed by atoms with Gasteiger partial charge in [0.1, 0.15) is 0 Å². The molecule has 0 heterocycles. The van der Waals surface area contributed by atoms with Crippen LogP contribution in [0, 0.1) is 0 Å². The first-order chi connectivity index (χ1) is 1.73. The van der Waals surface area contributed by atoms with Crippen LogP contribution in [0.4, 0.5) is 9.18 Å². The Labute approximate surface area is 70.8 Å². The van der Waals surface area contributed by atoms with Crippen LogP contribution < -0.4 is 56.5 Å². The molecule has 4 heteroatoms. The smallest absolute Gasteiger partial charge is 0.520 e. The van der Waals surface area contributed by atoms with Crippen LogP contribution in [0.25, 0.3) is 0 Å². The molecule has 0 aromatic rings. The minimum Gasteiger partial charge on any atom is -0.520 e. The molecular formula is CFKO2. The molecular weight excluding hydrogens is 102 g/mol. The second-order valence-electron chi connectivity index (χ2n) is 0.238.